The van der Waals surface area contributed by atoms with Crippen molar-refractivity contribution in [2.75, 3.05) is 18.0 Å². The zero-order valence-electron chi connectivity index (χ0n) is 13.4. The molecule has 3 aliphatic rings. The molecule has 1 fully saturated rings. The van der Waals surface area contributed by atoms with Gasteiger partial charge < -0.3 is 4.90 Å². The molecule has 0 N–H and O–H groups in total. The number of anilines is 1. The number of benzene rings is 1. The fraction of sp³-hybridized carbons (Fsp3) is 0.389. The summed E-state index contributed by atoms with van der Waals surface area (Å²) < 4.78 is 27.4. The third kappa shape index (κ3) is 2.45. The van der Waals surface area contributed by atoms with Crippen LogP contribution in [-0.2, 0) is 20.8 Å². The number of carbonyl (C=O) groups is 3. The van der Waals surface area contributed by atoms with E-state index >= 15 is 0 Å². The average Bonchev–Trinajstić information content (AvgIpc) is 3.11. The molecule has 0 radical (unpaired) electrons. The van der Waals surface area contributed by atoms with Crippen molar-refractivity contribution in [2.24, 2.45) is 11.8 Å². The predicted octanol–water partition coefficient (Wildman–Crippen LogP) is 1.81. The van der Waals surface area contributed by atoms with Crippen molar-refractivity contribution in [1.29, 1.82) is 0 Å². The number of fused-ring (bicyclic) bond motifs is 2. The van der Waals surface area contributed by atoms with E-state index < -0.39 is 35.9 Å². The van der Waals surface area contributed by atoms with Crippen LogP contribution in [-0.4, -0.2) is 35.7 Å². The van der Waals surface area contributed by atoms with Gasteiger partial charge in [-0.15, -0.1) is 0 Å². The lowest BCUT2D eigenvalue weighted by Crippen LogP contribution is -2.43. The van der Waals surface area contributed by atoms with E-state index in [-0.39, 0.29) is 24.0 Å². The monoisotopic (exact) mass is 346 g/mol. The van der Waals surface area contributed by atoms with Gasteiger partial charge in [0.25, 0.3) is 0 Å². The molecule has 2 heterocycles. The first-order valence-corrected chi connectivity index (χ1v) is 8.26. The smallest absolute Gasteiger partial charge is 0.247 e. The number of carbonyl (C=O) groups excluding carboxylic acids is 3. The van der Waals surface area contributed by atoms with Gasteiger partial charge in [0.05, 0.1) is 17.5 Å². The van der Waals surface area contributed by atoms with Gasteiger partial charge in [-0.25, -0.2) is 8.78 Å². The highest BCUT2D eigenvalue weighted by atomic mass is 19.1. The Balaban J connectivity index is 1.55. The topological polar surface area (TPSA) is 57.7 Å². The Bertz CT molecular complexity index is 795. The quantitative estimate of drug-likeness (QED) is 0.606. The SMILES string of the molecule is O=C1[C@H]2CC=CC[C@H]2C(=O)N1CC(=O)N1CCc2cc(F)cc(F)c21. The largest absolute Gasteiger partial charge is 0.308 e. The second kappa shape index (κ2) is 5.75. The molecule has 2 aliphatic heterocycles. The summed E-state index contributed by atoms with van der Waals surface area (Å²) in [5.74, 6) is -3.51. The molecule has 4 rings (SSSR count). The number of hydrogen-bond acceptors (Lipinski definition) is 3. The van der Waals surface area contributed by atoms with Crippen LogP contribution in [0.2, 0.25) is 0 Å². The fourth-order valence-electron chi connectivity index (χ4n) is 3.95. The Morgan fingerprint density at radius 1 is 1.08 bits per heavy atom. The lowest BCUT2D eigenvalue weighted by Gasteiger charge is -2.21. The maximum Gasteiger partial charge on any atom is 0.247 e. The van der Waals surface area contributed by atoms with E-state index in [2.05, 4.69) is 0 Å². The van der Waals surface area contributed by atoms with Crippen LogP contribution in [0.25, 0.3) is 0 Å². The second-order valence-corrected chi connectivity index (χ2v) is 6.61. The van der Waals surface area contributed by atoms with Crippen molar-refractivity contribution in [1.82, 2.24) is 4.90 Å². The molecule has 3 amide bonds. The highest BCUT2D eigenvalue weighted by Crippen LogP contribution is 2.36. The minimum atomic E-state index is -0.808. The van der Waals surface area contributed by atoms with Crippen molar-refractivity contribution in [3.63, 3.8) is 0 Å². The first-order valence-electron chi connectivity index (χ1n) is 8.26. The number of imide groups is 1. The van der Waals surface area contributed by atoms with Gasteiger partial charge in [0.15, 0.2) is 0 Å². The summed E-state index contributed by atoms with van der Waals surface area (Å²) in [6, 6.07) is 1.94. The van der Waals surface area contributed by atoms with Crippen molar-refractivity contribution in [3.8, 4) is 0 Å². The van der Waals surface area contributed by atoms with Crippen LogP contribution in [0.15, 0.2) is 24.3 Å². The summed E-state index contributed by atoms with van der Waals surface area (Å²) in [4.78, 5) is 39.7. The third-order valence-electron chi connectivity index (χ3n) is 5.18. The molecule has 0 unspecified atom stereocenters. The summed E-state index contributed by atoms with van der Waals surface area (Å²) in [6.45, 7) is -0.194. The molecule has 1 aromatic carbocycles. The Kier molecular flexibility index (Phi) is 3.67. The minimum Gasteiger partial charge on any atom is -0.308 e. The number of nitrogens with zero attached hydrogens (tertiary/aromatic N) is 2. The number of likely N-dealkylation sites (tertiary alicyclic amines) is 1. The fourth-order valence-corrected chi connectivity index (χ4v) is 3.95. The number of allylic oxidation sites excluding steroid dienone is 2. The van der Waals surface area contributed by atoms with E-state index in [0.717, 1.165) is 11.0 Å². The minimum absolute atomic E-state index is 0.0459. The highest BCUT2D eigenvalue weighted by Gasteiger charge is 2.48. The molecule has 0 spiro atoms. The van der Waals surface area contributed by atoms with Gasteiger partial charge in [-0.2, -0.15) is 0 Å². The predicted molar refractivity (Wildman–Crippen MR) is 84.5 cm³/mol. The highest BCUT2D eigenvalue weighted by molar-refractivity contribution is 6.09. The number of rotatable bonds is 2. The molecular weight excluding hydrogens is 330 g/mol. The normalized spacial score (nSPS) is 24.7. The molecule has 2 atom stereocenters. The van der Waals surface area contributed by atoms with Gasteiger partial charge in [-0.3, -0.25) is 19.3 Å². The molecule has 0 aromatic heterocycles. The van der Waals surface area contributed by atoms with Gasteiger partial charge in [0.1, 0.15) is 18.2 Å². The molecule has 1 aliphatic carbocycles. The Hall–Kier alpha value is -2.57. The van der Waals surface area contributed by atoms with Gasteiger partial charge in [0, 0.05) is 12.6 Å². The standard InChI is InChI=1S/C18H16F2N2O3/c19-11-7-10-5-6-21(16(10)14(20)8-11)15(23)9-22-17(24)12-3-1-2-4-13(12)18(22)25/h1-2,7-8,12-13H,3-6,9H2/t12-,13+. The van der Waals surface area contributed by atoms with Gasteiger partial charge in [-0.1, -0.05) is 12.2 Å². The zero-order valence-corrected chi connectivity index (χ0v) is 13.4. The van der Waals surface area contributed by atoms with E-state index in [4.69, 9.17) is 0 Å². The van der Waals surface area contributed by atoms with Crippen LogP contribution in [0, 0.1) is 23.5 Å². The first kappa shape index (κ1) is 15.9. The number of hydrogen-bond donors (Lipinski definition) is 0. The molecular formula is C18H16F2N2O3. The molecule has 25 heavy (non-hydrogen) atoms. The Labute approximate surface area is 142 Å². The van der Waals surface area contributed by atoms with E-state index in [1.54, 1.807) is 0 Å². The van der Waals surface area contributed by atoms with Gasteiger partial charge in [-0.05, 0) is 30.9 Å². The van der Waals surface area contributed by atoms with Crippen LogP contribution in [0.4, 0.5) is 14.5 Å². The number of halogens is 2. The van der Waals surface area contributed by atoms with E-state index in [1.165, 1.54) is 11.0 Å². The Morgan fingerprint density at radius 3 is 2.36 bits per heavy atom. The number of amides is 3. The third-order valence-corrected chi connectivity index (χ3v) is 5.18. The summed E-state index contributed by atoms with van der Waals surface area (Å²) in [7, 11) is 0. The lowest BCUT2D eigenvalue weighted by atomic mass is 9.85. The maximum atomic E-state index is 14.1. The van der Waals surface area contributed by atoms with Crippen molar-refractivity contribution in [3.05, 3.63) is 41.5 Å². The summed E-state index contributed by atoms with van der Waals surface area (Å²) in [5.41, 5.74) is 0.465. The summed E-state index contributed by atoms with van der Waals surface area (Å²) in [6.07, 6.45) is 5.09. The van der Waals surface area contributed by atoms with E-state index in [9.17, 15) is 23.2 Å². The van der Waals surface area contributed by atoms with E-state index in [1.807, 2.05) is 12.2 Å². The lowest BCUT2D eigenvalue weighted by molar-refractivity contribution is -0.143. The van der Waals surface area contributed by atoms with Crippen LogP contribution in [0.1, 0.15) is 18.4 Å². The molecule has 0 bridgehead atoms. The molecule has 0 saturated carbocycles. The first-order chi connectivity index (χ1) is 12.0. The van der Waals surface area contributed by atoms with Crippen LogP contribution >= 0.6 is 0 Å². The maximum absolute atomic E-state index is 14.1. The van der Waals surface area contributed by atoms with E-state index in [0.29, 0.717) is 24.8 Å². The van der Waals surface area contributed by atoms with Crippen molar-refractivity contribution >= 4 is 23.4 Å². The molecule has 1 aromatic rings. The van der Waals surface area contributed by atoms with Crippen LogP contribution in [0.5, 0.6) is 0 Å². The molecule has 1 saturated heterocycles. The zero-order chi connectivity index (χ0) is 17.7. The van der Waals surface area contributed by atoms with Crippen LogP contribution in [0.3, 0.4) is 0 Å². The summed E-state index contributed by atoms with van der Waals surface area (Å²) in [5, 5.41) is 0. The van der Waals surface area contributed by atoms with Crippen molar-refractivity contribution in [2.45, 2.75) is 19.3 Å². The molecule has 7 heteroatoms. The van der Waals surface area contributed by atoms with Crippen molar-refractivity contribution < 1.29 is 23.2 Å². The van der Waals surface area contributed by atoms with Crippen LogP contribution < -0.4 is 4.90 Å². The molecule has 5 nitrogen and oxygen atoms in total. The van der Waals surface area contributed by atoms with Gasteiger partial charge in [0.2, 0.25) is 17.7 Å². The Morgan fingerprint density at radius 2 is 1.72 bits per heavy atom. The summed E-state index contributed by atoms with van der Waals surface area (Å²) >= 11 is 0. The van der Waals surface area contributed by atoms with Gasteiger partial charge >= 0.3 is 0 Å². The average molecular weight is 346 g/mol. The second-order valence-electron chi connectivity index (χ2n) is 6.61. The molecule has 130 valence electrons.